The molecule has 5 nitrogen and oxygen atoms in total. The first-order valence-corrected chi connectivity index (χ1v) is 9.10. The van der Waals surface area contributed by atoms with Crippen LogP contribution in [-0.4, -0.2) is 20.7 Å². The van der Waals surface area contributed by atoms with E-state index in [4.69, 9.17) is 0 Å². The number of carbonyl (C=O) groups is 1. The number of nitrogens with zero attached hydrogens (tertiary/aromatic N) is 2. The Morgan fingerprint density at radius 1 is 1.00 bits per heavy atom. The van der Waals surface area contributed by atoms with E-state index >= 15 is 0 Å². The average Bonchev–Trinajstić information content (AvgIpc) is 3.35. The summed E-state index contributed by atoms with van der Waals surface area (Å²) in [6.45, 7) is 0. The Morgan fingerprint density at radius 3 is 2.74 bits per heavy atom. The first-order valence-electron chi connectivity index (χ1n) is 9.10. The fraction of sp³-hybridized carbons (Fsp3) is 0.136. The molecule has 0 aliphatic heterocycles. The number of hydrogen-bond acceptors (Lipinski definition) is 4. The predicted molar refractivity (Wildman–Crippen MR) is 106 cm³/mol. The number of H-pyrrole nitrogens is 1. The highest BCUT2D eigenvalue weighted by atomic mass is 16.1. The molecule has 0 saturated carbocycles. The molecular formula is C22H18N4O. The number of fused-ring (bicyclic) bond motifs is 2. The molecule has 0 fully saturated rings. The van der Waals surface area contributed by atoms with Gasteiger partial charge in [0.15, 0.2) is 5.78 Å². The second-order valence-corrected chi connectivity index (χ2v) is 6.81. The number of aromatic amines is 1. The molecule has 0 unspecified atom stereocenters. The van der Waals surface area contributed by atoms with Crippen molar-refractivity contribution in [2.75, 3.05) is 5.32 Å². The van der Waals surface area contributed by atoms with Crippen molar-refractivity contribution in [2.45, 2.75) is 19.3 Å². The van der Waals surface area contributed by atoms with Gasteiger partial charge in [0.1, 0.15) is 17.8 Å². The molecular weight excluding hydrogens is 336 g/mol. The minimum absolute atomic E-state index is 0.0475. The van der Waals surface area contributed by atoms with Crippen molar-refractivity contribution in [3.8, 4) is 0 Å². The van der Waals surface area contributed by atoms with Gasteiger partial charge in [0, 0.05) is 17.4 Å². The van der Waals surface area contributed by atoms with Crippen LogP contribution in [0.1, 0.15) is 33.5 Å². The Bertz CT molecular complexity index is 1150. The normalized spacial score (nSPS) is 12.9. The highest BCUT2D eigenvalue weighted by Crippen LogP contribution is 2.30. The maximum atomic E-state index is 13.0. The lowest BCUT2D eigenvalue weighted by molar-refractivity contribution is 0.104. The van der Waals surface area contributed by atoms with Gasteiger partial charge in [-0.25, -0.2) is 9.97 Å². The first-order chi connectivity index (χ1) is 13.3. The van der Waals surface area contributed by atoms with Gasteiger partial charge in [-0.3, -0.25) is 4.79 Å². The molecule has 5 heteroatoms. The van der Waals surface area contributed by atoms with Gasteiger partial charge in [-0.15, -0.1) is 0 Å². The van der Waals surface area contributed by atoms with Crippen LogP contribution in [0, 0.1) is 0 Å². The summed E-state index contributed by atoms with van der Waals surface area (Å²) in [4.78, 5) is 24.8. The lowest BCUT2D eigenvalue weighted by Gasteiger charge is -2.09. The van der Waals surface area contributed by atoms with Crippen molar-refractivity contribution >= 4 is 28.3 Å². The molecule has 1 aliphatic rings. The van der Waals surface area contributed by atoms with Crippen molar-refractivity contribution < 1.29 is 4.79 Å². The molecule has 0 amide bonds. The Labute approximate surface area is 156 Å². The quantitative estimate of drug-likeness (QED) is 0.532. The van der Waals surface area contributed by atoms with E-state index in [1.54, 1.807) is 6.20 Å². The highest BCUT2D eigenvalue weighted by Gasteiger charge is 2.19. The number of aromatic nitrogens is 3. The summed E-state index contributed by atoms with van der Waals surface area (Å²) in [6.07, 6.45) is 6.70. The smallest absolute Gasteiger partial charge is 0.195 e. The highest BCUT2D eigenvalue weighted by molar-refractivity contribution is 6.18. The number of ketones is 1. The molecule has 132 valence electrons. The Hall–Kier alpha value is -3.47. The summed E-state index contributed by atoms with van der Waals surface area (Å²) in [7, 11) is 0. The molecule has 1 aliphatic carbocycles. The van der Waals surface area contributed by atoms with Crippen LogP contribution in [0.25, 0.3) is 11.0 Å². The van der Waals surface area contributed by atoms with Crippen LogP contribution in [0.15, 0.2) is 61.1 Å². The molecule has 0 saturated heterocycles. The van der Waals surface area contributed by atoms with E-state index < -0.39 is 0 Å². The third-order valence-corrected chi connectivity index (χ3v) is 5.11. The summed E-state index contributed by atoms with van der Waals surface area (Å²) in [5, 5.41) is 4.10. The van der Waals surface area contributed by atoms with Gasteiger partial charge in [-0.1, -0.05) is 36.4 Å². The third kappa shape index (κ3) is 2.77. The second kappa shape index (κ2) is 6.36. The number of aryl methyl sites for hydroxylation is 2. The fourth-order valence-corrected chi connectivity index (χ4v) is 3.77. The van der Waals surface area contributed by atoms with Gasteiger partial charge in [0.05, 0.1) is 10.9 Å². The van der Waals surface area contributed by atoms with E-state index in [-0.39, 0.29) is 5.78 Å². The van der Waals surface area contributed by atoms with E-state index in [2.05, 4.69) is 38.5 Å². The minimum Gasteiger partial charge on any atom is -0.345 e. The van der Waals surface area contributed by atoms with Gasteiger partial charge in [-0.05, 0) is 42.5 Å². The monoisotopic (exact) mass is 354 g/mol. The van der Waals surface area contributed by atoms with E-state index in [9.17, 15) is 4.79 Å². The lowest BCUT2D eigenvalue weighted by Crippen LogP contribution is -2.03. The van der Waals surface area contributed by atoms with E-state index in [0.717, 1.165) is 18.5 Å². The van der Waals surface area contributed by atoms with Crippen molar-refractivity contribution in [1.82, 2.24) is 15.0 Å². The number of rotatable bonds is 4. The molecule has 5 rings (SSSR count). The number of carbonyl (C=O) groups excluding carboxylic acids is 1. The lowest BCUT2D eigenvalue weighted by atomic mass is 10.0. The second-order valence-electron chi connectivity index (χ2n) is 6.81. The predicted octanol–water partition coefficient (Wildman–Crippen LogP) is 4.42. The Kier molecular flexibility index (Phi) is 3.71. The first kappa shape index (κ1) is 15.8. The standard InChI is InChI=1S/C22H18N4O/c27-20(15-5-2-1-3-6-15)18-12-23-21-19(18)22(25-13-24-21)26-17-10-9-14-7-4-8-16(14)11-17/h1-3,5-6,9-13H,4,7-8H2,(H2,23,24,25,26). The molecule has 4 aromatic rings. The van der Waals surface area contributed by atoms with Gasteiger partial charge in [0.25, 0.3) is 0 Å². The van der Waals surface area contributed by atoms with Crippen LogP contribution in [0.2, 0.25) is 0 Å². The fourth-order valence-electron chi connectivity index (χ4n) is 3.77. The summed E-state index contributed by atoms with van der Waals surface area (Å²) in [6, 6.07) is 15.7. The van der Waals surface area contributed by atoms with Gasteiger partial charge in [0.2, 0.25) is 0 Å². The van der Waals surface area contributed by atoms with Crippen LogP contribution in [-0.2, 0) is 12.8 Å². The SMILES string of the molecule is O=C(c1ccccc1)c1c[nH]c2ncnc(Nc3ccc4c(c3)CCC4)c12. The van der Waals surface area contributed by atoms with Gasteiger partial charge in [-0.2, -0.15) is 0 Å². The zero-order valence-electron chi connectivity index (χ0n) is 14.7. The van der Waals surface area contributed by atoms with Crippen LogP contribution < -0.4 is 5.32 Å². The van der Waals surface area contributed by atoms with Crippen LogP contribution in [0.3, 0.4) is 0 Å². The van der Waals surface area contributed by atoms with Crippen LogP contribution in [0.5, 0.6) is 0 Å². The zero-order valence-corrected chi connectivity index (χ0v) is 14.7. The molecule has 2 heterocycles. The molecule has 2 aromatic heterocycles. The Balaban J connectivity index is 1.57. The number of hydrogen-bond donors (Lipinski definition) is 2. The van der Waals surface area contributed by atoms with Crippen LogP contribution in [0.4, 0.5) is 11.5 Å². The maximum Gasteiger partial charge on any atom is 0.195 e. The van der Waals surface area contributed by atoms with Crippen molar-refractivity contribution in [1.29, 1.82) is 0 Å². The van der Waals surface area contributed by atoms with E-state index in [0.29, 0.717) is 28.0 Å². The topological polar surface area (TPSA) is 70.7 Å². The van der Waals surface area contributed by atoms with Crippen molar-refractivity contribution in [2.24, 2.45) is 0 Å². The molecule has 27 heavy (non-hydrogen) atoms. The summed E-state index contributed by atoms with van der Waals surface area (Å²) in [5.74, 6) is 0.590. The molecule has 0 spiro atoms. The van der Waals surface area contributed by atoms with Crippen molar-refractivity contribution in [3.05, 3.63) is 83.3 Å². The van der Waals surface area contributed by atoms with E-state index in [1.165, 1.54) is 23.9 Å². The average molecular weight is 354 g/mol. The molecule has 2 N–H and O–H groups in total. The minimum atomic E-state index is -0.0475. The number of nitrogens with one attached hydrogen (secondary N) is 2. The zero-order chi connectivity index (χ0) is 18.2. The summed E-state index contributed by atoms with van der Waals surface area (Å²) in [5.41, 5.74) is 5.66. The summed E-state index contributed by atoms with van der Waals surface area (Å²) < 4.78 is 0. The summed E-state index contributed by atoms with van der Waals surface area (Å²) >= 11 is 0. The van der Waals surface area contributed by atoms with Crippen LogP contribution >= 0.6 is 0 Å². The van der Waals surface area contributed by atoms with Crippen molar-refractivity contribution in [3.63, 3.8) is 0 Å². The Morgan fingerprint density at radius 2 is 1.85 bits per heavy atom. The molecule has 0 atom stereocenters. The third-order valence-electron chi connectivity index (χ3n) is 5.11. The molecule has 0 radical (unpaired) electrons. The van der Waals surface area contributed by atoms with Gasteiger partial charge < -0.3 is 10.3 Å². The van der Waals surface area contributed by atoms with Gasteiger partial charge >= 0.3 is 0 Å². The number of benzene rings is 2. The maximum absolute atomic E-state index is 13.0. The largest absolute Gasteiger partial charge is 0.345 e. The molecule has 0 bridgehead atoms. The number of anilines is 2. The molecule has 2 aromatic carbocycles. The van der Waals surface area contributed by atoms with E-state index in [1.807, 2.05) is 30.3 Å².